The fourth-order valence-electron chi connectivity index (χ4n) is 5.00. The van der Waals surface area contributed by atoms with Crippen molar-refractivity contribution in [3.05, 3.63) is 80.5 Å². The van der Waals surface area contributed by atoms with Crippen LogP contribution in [0.25, 0.3) is 11.2 Å². The van der Waals surface area contributed by atoms with Crippen LogP contribution in [0.15, 0.2) is 58.1 Å². The summed E-state index contributed by atoms with van der Waals surface area (Å²) < 4.78 is 9.63. The van der Waals surface area contributed by atoms with E-state index in [4.69, 9.17) is 9.72 Å². The molecule has 1 N–H and O–H groups in total. The molecule has 2 aromatic carbocycles. The largest absolute Gasteiger partial charge is 0.497 e. The Kier molecular flexibility index (Phi) is 7.25. The molecule has 11 heteroatoms. The lowest BCUT2D eigenvalue weighted by Gasteiger charge is -2.35. The van der Waals surface area contributed by atoms with Crippen molar-refractivity contribution < 1.29 is 9.53 Å². The Balaban J connectivity index is 1.36. The van der Waals surface area contributed by atoms with E-state index in [9.17, 15) is 14.4 Å². The molecular formula is C28H33N7O4. The van der Waals surface area contributed by atoms with Crippen LogP contribution in [0.3, 0.4) is 0 Å². The first-order chi connectivity index (χ1) is 18.7. The lowest BCUT2D eigenvalue weighted by atomic mass is 10.1. The molecule has 1 aliphatic heterocycles. The summed E-state index contributed by atoms with van der Waals surface area (Å²) in [4.78, 5) is 47.5. The highest BCUT2D eigenvalue weighted by Gasteiger charge is 2.26. The third-order valence-electron chi connectivity index (χ3n) is 7.15. The Hall–Kier alpha value is -4.38. The van der Waals surface area contributed by atoms with Gasteiger partial charge in [-0.15, -0.1) is 0 Å². The minimum absolute atomic E-state index is 0.0844. The number of hydrogen-bond acceptors (Lipinski definition) is 7. The number of methoxy groups -OCH3 is 1. The Morgan fingerprint density at radius 1 is 1.00 bits per heavy atom. The topological polar surface area (TPSA) is 107 Å². The van der Waals surface area contributed by atoms with Crippen LogP contribution in [0.2, 0.25) is 0 Å². The van der Waals surface area contributed by atoms with Gasteiger partial charge in [-0.1, -0.05) is 29.8 Å². The van der Waals surface area contributed by atoms with E-state index in [1.165, 1.54) is 11.6 Å². The van der Waals surface area contributed by atoms with E-state index in [0.717, 1.165) is 27.1 Å². The van der Waals surface area contributed by atoms with Gasteiger partial charge in [0.05, 0.1) is 20.2 Å². The van der Waals surface area contributed by atoms with E-state index < -0.39 is 5.69 Å². The molecule has 3 heterocycles. The highest BCUT2D eigenvalue weighted by Crippen LogP contribution is 2.23. The van der Waals surface area contributed by atoms with Crippen LogP contribution in [0, 0.1) is 6.92 Å². The lowest BCUT2D eigenvalue weighted by Crippen LogP contribution is -2.49. The maximum Gasteiger partial charge on any atom is 0.332 e. The number of rotatable bonds is 7. The summed E-state index contributed by atoms with van der Waals surface area (Å²) in [6, 6.07) is 15.4. The van der Waals surface area contributed by atoms with Crippen molar-refractivity contribution in [2.24, 2.45) is 14.1 Å². The molecule has 0 aliphatic carbocycles. The number of piperazine rings is 1. The van der Waals surface area contributed by atoms with Crippen LogP contribution in [-0.4, -0.2) is 69.3 Å². The minimum Gasteiger partial charge on any atom is -0.497 e. The maximum absolute atomic E-state index is 13.2. The number of ether oxygens (including phenoxy) is 1. The summed E-state index contributed by atoms with van der Waals surface area (Å²) in [6.45, 7) is 5.31. The first-order valence-electron chi connectivity index (χ1n) is 12.9. The number of carbonyl (C=O) groups excluding carboxylic acids is 1. The van der Waals surface area contributed by atoms with E-state index in [1.807, 2.05) is 41.8 Å². The van der Waals surface area contributed by atoms with Gasteiger partial charge in [0.15, 0.2) is 11.2 Å². The quantitative estimate of drug-likeness (QED) is 0.386. The van der Waals surface area contributed by atoms with Crippen LogP contribution < -0.4 is 26.2 Å². The molecular weight excluding hydrogens is 498 g/mol. The van der Waals surface area contributed by atoms with Crippen LogP contribution >= 0.6 is 0 Å². The number of carbonyl (C=O) groups is 1. The van der Waals surface area contributed by atoms with Crippen LogP contribution in [0.4, 0.5) is 11.6 Å². The van der Waals surface area contributed by atoms with Gasteiger partial charge in [-0.25, -0.2) is 4.79 Å². The maximum atomic E-state index is 13.2. The second kappa shape index (κ2) is 10.8. The number of aromatic nitrogens is 4. The molecule has 0 saturated carbocycles. The summed E-state index contributed by atoms with van der Waals surface area (Å²) in [7, 11) is 4.73. The number of anilines is 2. The Morgan fingerprint density at radius 2 is 1.72 bits per heavy atom. The van der Waals surface area contributed by atoms with Crippen molar-refractivity contribution in [2.45, 2.75) is 13.5 Å². The summed E-state index contributed by atoms with van der Waals surface area (Å²) in [5, 5.41) is 2.93. The summed E-state index contributed by atoms with van der Waals surface area (Å²) in [5.41, 5.74) is 2.88. The first-order valence-corrected chi connectivity index (χ1v) is 12.9. The predicted molar refractivity (Wildman–Crippen MR) is 151 cm³/mol. The summed E-state index contributed by atoms with van der Waals surface area (Å²) in [5.74, 6) is 1.29. The van der Waals surface area contributed by atoms with Gasteiger partial charge in [0.25, 0.3) is 5.56 Å². The summed E-state index contributed by atoms with van der Waals surface area (Å²) >= 11 is 0. The van der Waals surface area contributed by atoms with E-state index in [2.05, 4.69) is 21.2 Å². The number of aryl methyl sites for hydroxylation is 2. The highest BCUT2D eigenvalue weighted by atomic mass is 16.5. The minimum atomic E-state index is -0.410. The van der Waals surface area contributed by atoms with Crippen molar-refractivity contribution in [1.82, 2.24) is 23.6 Å². The standard InChI is InChI=1S/C28H33N7O4/c1-19-6-5-7-20(16-19)17-35-24-25(31(2)28(38)32(3)26(24)37)30-27(35)34-14-12-33(13-15-34)18-23(36)29-21-8-10-22(39-4)11-9-21/h5-11,16H,12-15,17-18H2,1-4H3,(H,29,36). The average molecular weight is 532 g/mol. The second-order valence-electron chi connectivity index (χ2n) is 9.90. The third-order valence-corrected chi connectivity index (χ3v) is 7.15. The van der Waals surface area contributed by atoms with Gasteiger partial charge in [-0.05, 0) is 36.8 Å². The predicted octanol–water partition coefficient (Wildman–Crippen LogP) is 1.56. The molecule has 1 saturated heterocycles. The Labute approximate surface area is 225 Å². The van der Waals surface area contributed by atoms with E-state index in [-0.39, 0.29) is 18.0 Å². The van der Waals surface area contributed by atoms with Crippen molar-refractivity contribution in [3.63, 3.8) is 0 Å². The SMILES string of the molecule is COc1ccc(NC(=O)CN2CCN(c3nc4c(c(=O)n(C)c(=O)n4C)n3Cc3cccc(C)c3)CC2)cc1. The van der Waals surface area contributed by atoms with Gasteiger partial charge < -0.3 is 15.0 Å². The van der Waals surface area contributed by atoms with Crippen molar-refractivity contribution in [3.8, 4) is 5.75 Å². The molecule has 39 heavy (non-hydrogen) atoms. The number of fused-ring (bicyclic) bond motifs is 1. The zero-order valence-corrected chi connectivity index (χ0v) is 22.7. The molecule has 0 unspecified atom stereocenters. The number of nitrogens with zero attached hydrogens (tertiary/aromatic N) is 6. The molecule has 11 nitrogen and oxygen atoms in total. The van der Waals surface area contributed by atoms with Crippen molar-refractivity contribution in [1.29, 1.82) is 0 Å². The lowest BCUT2D eigenvalue weighted by molar-refractivity contribution is -0.117. The van der Waals surface area contributed by atoms with Crippen LogP contribution in [0.1, 0.15) is 11.1 Å². The number of benzene rings is 2. The Bertz CT molecular complexity index is 1630. The normalized spacial score (nSPS) is 14.1. The first kappa shape index (κ1) is 26.2. The monoisotopic (exact) mass is 531 g/mol. The van der Waals surface area contributed by atoms with Crippen molar-refractivity contribution in [2.75, 3.05) is 50.1 Å². The second-order valence-corrected chi connectivity index (χ2v) is 9.90. The fourth-order valence-corrected chi connectivity index (χ4v) is 5.00. The van der Waals surface area contributed by atoms with Crippen LogP contribution in [0.5, 0.6) is 5.75 Å². The molecule has 1 aliphatic rings. The van der Waals surface area contributed by atoms with Gasteiger partial charge >= 0.3 is 5.69 Å². The molecule has 1 amide bonds. The van der Waals surface area contributed by atoms with E-state index in [0.29, 0.717) is 49.8 Å². The molecule has 4 aromatic rings. The molecule has 204 valence electrons. The smallest absolute Gasteiger partial charge is 0.332 e. The van der Waals surface area contributed by atoms with E-state index >= 15 is 0 Å². The number of hydrogen-bond donors (Lipinski definition) is 1. The number of amides is 1. The molecule has 0 radical (unpaired) electrons. The molecule has 2 aromatic heterocycles. The zero-order chi connectivity index (χ0) is 27.7. The van der Waals surface area contributed by atoms with Gasteiger partial charge in [-0.3, -0.25) is 28.2 Å². The molecule has 5 rings (SSSR count). The fraction of sp³-hybridized carbons (Fsp3) is 0.357. The number of imidazole rings is 1. The molecule has 0 bridgehead atoms. The highest BCUT2D eigenvalue weighted by molar-refractivity contribution is 5.92. The summed E-state index contributed by atoms with van der Waals surface area (Å²) in [6.07, 6.45) is 0. The van der Waals surface area contributed by atoms with Gasteiger partial charge in [0, 0.05) is 46.0 Å². The van der Waals surface area contributed by atoms with Crippen molar-refractivity contribution >= 4 is 28.7 Å². The van der Waals surface area contributed by atoms with E-state index in [1.54, 1.807) is 26.3 Å². The third kappa shape index (κ3) is 5.30. The number of nitrogens with one attached hydrogen (secondary N) is 1. The Morgan fingerprint density at radius 3 is 2.38 bits per heavy atom. The van der Waals surface area contributed by atoms with Crippen LogP contribution in [-0.2, 0) is 25.4 Å². The van der Waals surface area contributed by atoms with Gasteiger partial charge in [0.2, 0.25) is 11.9 Å². The van der Waals surface area contributed by atoms with Gasteiger partial charge in [-0.2, -0.15) is 4.98 Å². The van der Waals surface area contributed by atoms with Gasteiger partial charge in [0.1, 0.15) is 5.75 Å². The molecule has 1 fully saturated rings. The molecule has 0 spiro atoms. The zero-order valence-electron chi connectivity index (χ0n) is 22.7. The average Bonchev–Trinajstić information content (AvgIpc) is 3.30. The molecule has 0 atom stereocenters.